The molecule has 0 rings (SSSR count). The van der Waals surface area contributed by atoms with Gasteiger partial charge in [0.15, 0.2) is 0 Å². The minimum absolute atomic E-state index is 0. The summed E-state index contributed by atoms with van der Waals surface area (Å²) < 4.78 is 0. The Kier molecular flexibility index (Phi) is 14.0. The minimum atomic E-state index is -1.44. The van der Waals surface area contributed by atoms with Crippen molar-refractivity contribution in [3.05, 3.63) is 0 Å². The third kappa shape index (κ3) is 9.46. The summed E-state index contributed by atoms with van der Waals surface area (Å²) in [5, 5.41) is 17.3. The van der Waals surface area contributed by atoms with Crippen LogP contribution >= 0.6 is 0 Å². The van der Waals surface area contributed by atoms with Crippen molar-refractivity contribution < 1.29 is 42.9 Å². The molecule has 0 aromatic rings. The van der Waals surface area contributed by atoms with Gasteiger partial charge in [0.25, 0.3) is 0 Å². The number of rotatable bonds is 1. The molecule has 0 bridgehead atoms. The van der Waals surface area contributed by atoms with E-state index >= 15 is 0 Å². The largest absolute Gasteiger partial charge is 1.00 e. The second kappa shape index (κ2) is 7.13. The van der Waals surface area contributed by atoms with Crippen molar-refractivity contribution in [3.63, 3.8) is 0 Å². The Labute approximate surface area is 62.3 Å². The van der Waals surface area contributed by atoms with Crippen molar-refractivity contribution in [1.82, 2.24) is 0 Å². The maximum atomic E-state index is 9.34. The molecule has 1 atom stereocenters. The second-order valence-electron chi connectivity index (χ2n) is 0.995. The van der Waals surface area contributed by atoms with Gasteiger partial charge in [0.05, 0.1) is 12.1 Å². The van der Waals surface area contributed by atoms with E-state index in [0.717, 1.165) is 6.92 Å². The molecule has 0 fully saturated rings. The van der Waals surface area contributed by atoms with Crippen molar-refractivity contribution in [2.75, 3.05) is 0 Å². The zero-order chi connectivity index (χ0) is 5.15. The number of aliphatic hydroxyl groups excluding tert-OH is 1. The molecule has 0 aliphatic carbocycles. The molecule has 0 saturated heterocycles. The fraction of sp³-hybridized carbons (Fsp3) is 0.667. The maximum Gasteiger partial charge on any atom is 1.00 e. The van der Waals surface area contributed by atoms with Gasteiger partial charge in [-0.25, -0.2) is 0 Å². The number of hydrogen-bond donors (Lipinski definition) is 1. The summed E-state index contributed by atoms with van der Waals surface area (Å²) >= 11 is 0. The van der Waals surface area contributed by atoms with E-state index in [0.29, 0.717) is 0 Å². The van der Waals surface area contributed by atoms with Crippen molar-refractivity contribution >= 4 is 5.97 Å². The molecule has 0 aliphatic rings. The van der Waals surface area contributed by atoms with Crippen LogP contribution in [-0.2, 0) is 27.2 Å². The minimum Gasteiger partial charge on any atom is -0.547 e. The molecule has 0 radical (unpaired) electrons. The van der Waals surface area contributed by atoms with Crippen LogP contribution in [0.2, 0.25) is 0 Å². The first-order valence-electron chi connectivity index (χ1n) is 1.53. The number of aliphatic hydroxyl groups is 1. The first-order chi connectivity index (χ1) is 2.64. The molecule has 0 amide bonds. The van der Waals surface area contributed by atoms with E-state index in [1.807, 2.05) is 0 Å². The van der Waals surface area contributed by atoms with Crippen LogP contribution in [-0.4, -0.2) is 22.7 Å². The summed E-state index contributed by atoms with van der Waals surface area (Å²) in [6.07, 6.45) is -1.34. The predicted octanol–water partition coefficient (Wildman–Crippen LogP) is -2.71. The van der Waals surface area contributed by atoms with Crippen LogP contribution in [0.25, 0.3) is 0 Å². The van der Waals surface area contributed by atoms with Gasteiger partial charge in [-0.05, 0) is 6.92 Å². The quantitative estimate of drug-likeness (QED) is 0.482. The van der Waals surface area contributed by atoms with Gasteiger partial charge in [-0.3, -0.25) is 0 Å². The number of hydrogen-bond acceptors (Lipinski definition) is 3. The van der Waals surface area contributed by atoms with Gasteiger partial charge in [0.2, 0.25) is 0 Å². The molecule has 54 valence electrons. The van der Waals surface area contributed by atoms with Crippen LogP contribution in [0.1, 0.15) is 6.92 Å². The van der Waals surface area contributed by atoms with Crippen LogP contribution in [0.4, 0.5) is 0 Å². The Morgan fingerprint density at radius 3 is 1.88 bits per heavy atom. The second-order valence-corrected chi connectivity index (χ2v) is 0.995. The van der Waals surface area contributed by atoms with Crippen molar-refractivity contribution in [1.29, 1.82) is 0 Å². The number of carbonyl (C=O) groups excluding carboxylic acids is 1. The van der Waals surface area contributed by atoms with E-state index in [2.05, 4.69) is 0 Å². The SMILES string of the molecule is CC(O)C(=O)[O-].O.[Ag+]. The molecule has 3 N–H and O–H groups in total. The van der Waals surface area contributed by atoms with Crippen molar-refractivity contribution in [3.8, 4) is 0 Å². The van der Waals surface area contributed by atoms with Gasteiger partial charge < -0.3 is 20.5 Å². The monoisotopic (exact) mass is 214 g/mol. The summed E-state index contributed by atoms with van der Waals surface area (Å²) in [6, 6.07) is 0. The van der Waals surface area contributed by atoms with E-state index < -0.39 is 12.1 Å². The molecular weight excluding hydrogens is 208 g/mol. The van der Waals surface area contributed by atoms with Gasteiger partial charge in [-0.2, -0.15) is 0 Å². The Bertz CT molecular complexity index is 62.3. The van der Waals surface area contributed by atoms with Gasteiger partial charge in [-0.1, -0.05) is 0 Å². The molecule has 0 aromatic carbocycles. The molecule has 5 heteroatoms. The van der Waals surface area contributed by atoms with Gasteiger partial charge >= 0.3 is 22.4 Å². The summed E-state index contributed by atoms with van der Waals surface area (Å²) in [5.74, 6) is -1.44. The summed E-state index contributed by atoms with van der Waals surface area (Å²) in [6.45, 7) is 1.13. The summed E-state index contributed by atoms with van der Waals surface area (Å²) in [5.41, 5.74) is 0. The topological polar surface area (TPSA) is 91.9 Å². The van der Waals surface area contributed by atoms with E-state index in [1.54, 1.807) is 0 Å². The zero-order valence-corrected chi connectivity index (χ0v) is 5.62. The van der Waals surface area contributed by atoms with Crippen LogP contribution in [0.5, 0.6) is 0 Å². The first kappa shape index (κ1) is 15.7. The average Bonchev–Trinajstić information content (AvgIpc) is 1.36. The Morgan fingerprint density at radius 1 is 1.75 bits per heavy atom. The average molecular weight is 215 g/mol. The molecule has 0 aliphatic heterocycles. The predicted molar refractivity (Wildman–Crippen MR) is 20.3 cm³/mol. The summed E-state index contributed by atoms with van der Waals surface area (Å²) in [7, 11) is 0. The molecule has 1 unspecified atom stereocenters. The molecule has 0 aromatic heterocycles. The van der Waals surface area contributed by atoms with Crippen molar-refractivity contribution in [2.24, 2.45) is 0 Å². The maximum absolute atomic E-state index is 9.34. The number of carboxylic acids is 1. The molecular formula is C3H7AgO4. The standard InChI is InChI=1S/C3H6O3.Ag.H2O/c1-2(4)3(5)6;;/h2,4H,1H3,(H,5,6);;1H2/q;+1;/p-1. The molecule has 8 heavy (non-hydrogen) atoms. The van der Waals surface area contributed by atoms with Crippen LogP contribution in [0.15, 0.2) is 0 Å². The number of aliphatic carboxylic acids is 1. The van der Waals surface area contributed by atoms with E-state index in [9.17, 15) is 9.90 Å². The molecule has 4 nitrogen and oxygen atoms in total. The van der Waals surface area contributed by atoms with E-state index in [1.165, 1.54) is 0 Å². The summed E-state index contributed by atoms with van der Waals surface area (Å²) in [4.78, 5) is 9.34. The molecule has 0 saturated carbocycles. The van der Waals surface area contributed by atoms with Gasteiger partial charge in [0, 0.05) is 0 Å². The van der Waals surface area contributed by atoms with Gasteiger partial charge in [0.1, 0.15) is 0 Å². The Hall–Kier alpha value is 0.130. The number of carbonyl (C=O) groups is 1. The smallest absolute Gasteiger partial charge is 0.547 e. The molecule has 0 heterocycles. The molecule has 0 spiro atoms. The van der Waals surface area contributed by atoms with Crippen molar-refractivity contribution in [2.45, 2.75) is 13.0 Å². The Balaban J connectivity index is -0.000000125. The van der Waals surface area contributed by atoms with Crippen LogP contribution in [0, 0.1) is 0 Å². The van der Waals surface area contributed by atoms with E-state index in [4.69, 9.17) is 5.11 Å². The third-order valence-corrected chi connectivity index (χ3v) is 0.341. The van der Waals surface area contributed by atoms with Crippen LogP contribution in [0.3, 0.4) is 0 Å². The van der Waals surface area contributed by atoms with E-state index in [-0.39, 0.29) is 27.9 Å². The third-order valence-electron chi connectivity index (χ3n) is 0.341. The van der Waals surface area contributed by atoms with Crippen LogP contribution < -0.4 is 5.11 Å². The first-order valence-corrected chi connectivity index (χ1v) is 1.53. The Morgan fingerprint density at radius 2 is 1.88 bits per heavy atom. The fourth-order valence-corrected chi connectivity index (χ4v) is 0. The fourth-order valence-electron chi connectivity index (χ4n) is 0. The zero-order valence-electron chi connectivity index (χ0n) is 4.14. The normalized spacial score (nSPS) is 10.2. The number of carboxylic acid groups (broad SMARTS) is 1. The van der Waals surface area contributed by atoms with Gasteiger partial charge in [-0.15, -0.1) is 0 Å².